The third-order valence-corrected chi connectivity index (χ3v) is 5.49. The molecule has 152 valence electrons. The number of nitrogens with zero attached hydrogens (tertiary/aromatic N) is 2. The van der Waals surface area contributed by atoms with Gasteiger partial charge in [-0.3, -0.25) is 0 Å². The van der Waals surface area contributed by atoms with E-state index in [-0.39, 0.29) is 25.2 Å². The van der Waals surface area contributed by atoms with E-state index in [1.54, 1.807) is 0 Å². The summed E-state index contributed by atoms with van der Waals surface area (Å²) in [6, 6.07) is 12.3. The molecule has 3 rings (SSSR count). The molecule has 6 heteroatoms. The SMILES string of the molecule is Cc1cccc(OCNC(=O)N2CCN(c3cccc(C)c3C)CC2)c1C.Cl. The van der Waals surface area contributed by atoms with Gasteiger partial charge in [0.2, 0.25) is 0 Å². The van der Waals surface area contributed by atoms with Crippen LogP contribution in [-0.4, -0.2) is 43.8 Å². The first-order valence-electron chi connectivity index (χ1n) is 9.50. The van der Waals surface area contributed by atoms with E-state index in [0.29, 0.717) is 13.1 Å². The lowest BCUT2D eigenvalue weighted by Gasteiger charge is -2.37. The lowest BCUT2D eigenvalue weighted by Crippen LogP contribution is -2.52. The standard InChI is InChI=1S/C22H29N3O2.ClH/c1-16-7-5-9-20(18(16)3)24-11-13-25(14-12-24)22(26)23-15-27-21-10-6-8-17(2)19(21)4;/h5-10H,11-15H2,1-4H3,(H,23,26);1H. The second-order valence-corrected chi connectivity index (χ2v) is 7.16. The molecule has 0 aromatic heterocycles. The molecule has 1 N–H and O–H groups in total. The topological polar surface area (TPSA) is 44.8 Å². The molecule has 0 aliphatic carbocycles. The molecular formula is C22H30ClN3O2. The normalized spacial score (nSPS) is 13.7. The van der Waals surface area contributed by atoms with Crippen LogP contribution in [0.4, 0.5) is 10.5 Å². The molecular weight excluding hydrogens is 374 g/mol. The number of carbonyl (C=O) groups is 1. The van der Waals surface area contributed by atoms with E-state index in [4.69, 9.17) is 4.74 Å². The maximum Gasteiger partial charge on any atom is 0.320 e. The van der Waals surface area contributed by atoms with Crippen molar-refractivity contribution in [2.75, 3.05) is 37.8 Å². The van der Waals surface area contributed by atoms with Crippen molar-refractivity contribution in [3.8, 4) is 5.75 Å². The summed E-state index contributed by atoms with van der Waals surface area (Å²) in [7, 11) is 0. The molecule has 1 aliphatic heterocycles. The fourth-order valence-corrected chi connectivity index (χ4v) is 3.40. The maximum absolute atomic E-state index is 12.4. The lowest BCUT2D eigenvalue weighted by molar-refractivity contribution is 0.181. The Kier molecular flexibility index (Phi) is 7.58. The molecule has 0 radical (unpaired) electrons. The van der Waals surface area contributed by atoms with Gasteiger partial charge in [0, 0.05) is 31.9 Å². The van der Waals surface area contributed by atoms with Crippen molar-refractivity contribution in [3.05, 3.63) is 58.7 Å². The van der Waals surface area contributed by atoms with Gasteiger partial charge in [-0.25, -0.2) is 4.79 Å². The summed E-state index contributed by atoms with van der Waals surface area (Å²) in [6.45, 7) is 11.7. The molecule has 2 aromatic rings. The number of halogens is 1. The number of rotatable bonds is 4. The number of nitrogens with one attached hydrogen (secondary N) is 1. The number of piperazine rings is 1. The molecule has 1 heterocycles. The summed E-state index contributed by atoms with van der Waals surface area (Å²) >= 11 is 0. The second kappa shape index (κ2) is 9.69. The molecule has 5 nitrogen and oxygen atoms in total. The summed E-state index contributed by atoms with van der Waals surface area (Å²) < 4.78 is 5.73. The molecule has 1 fully saturated rings. The van der Waals surface area contributed by atoms with Crippen molar-refractivity contribution >= 4 is 24.1 Å². The summed E-state index contributed by atoms with van der Waals surface area (Å²) in [6.07, 6.45) is 0. The van der Waals surface area contributed by atoms with Gasteiger partial charge in [-0.2, -0.15) is 0 Å². The lowest BCUT2D eigenvalue weighted by atomic mass is 10.1. The number of hydrogen-bond acceptors (Lipinski definition) is 3. The highest BCUT2D eigenvalue weighted by Crippen LogP contribution is 2.24. The number of amides is 2. The Morgan fingerprint density at radius 2 is 1.54 bits per heavy atom. The number of urea groups is 1. The smallest absolute Gasteiger partial charge is 0.320 e. The summed E-state index contributed by atoms with van der Waals surface area (Å²) in [5.74, 6) is 0.815. The summed E-state index contributed by atoms with van der Waals surface area (Å²) in [5, 5.41) is 2.87. The van der Waals surface area contributed by atoms with Gasteiger partial charge in [0.15, 0.2) is 6.73 Å². The zero-order valence-electron chi connectivity index (χ0n) is 17.1. The van der Waals surface area contributed by atoms with Gasteiger partial charge in [0.25, 0.3) is 0 Å². The molecule has 0 unspecified atom stereocenters. The predicted octanol–water partition coefficient (Wildman–Crippen LogP) is 4.21. The highest BCUT2D eigenvalue weighted by Gasteiger charge is 2.22. The van der Waals surface area contributed by atoms with E-state index < -0.39 is 0 Å². The van der Waals surface area contributed by atoms with E-state index in [1.807, 2.05) is 24.0 Å². The Labute approximate surface area is 174 Å². The van der Waals surface area contributed by atoms with Crippen LogP contribution in [0.1, 0.15) is 22.3 Å². The van der Waals surface area contributed by atoms with Gasteiger partial charge < -0.3 is 19.9 Å². The molecule has 1 saturated heterocycles. The zero-order valence-corrected chi connectivity index (χ0v) is 17.9. The minimum atomic E-state index is -0.0686. The van der Waals surface area contributed by atoms with E-state index in [1.165, 1.54) is 22.4 Å². The minimum Gasteiger partial charge on any atom is -0.473 e. The van der Waals surface area contributed by atoms with Crippen molar-refractivity contribution in [2.24, 2.45) is 0 Å². The molecule has 0 atom stereocenters. The third-order valence-electron chi connectivity index (χ3n) is 5.49. The van der Waals surface area contributed by atoms with Gasteiger partial charge in [-0.1, -0.05) is 24.3 Å². The van der Waals surface area contributed by atoms with E-state index >= 15 is 0 Å². The first-order valence-corrected chi connectivity index (χ1v) is 9.50. The van der Waals surface area contributed by atoms with Crippen molar-refractivity contribution in [1.82, 2.24) is 10.2 Å². The van der Waals surface area contributed by atoms with Gasteiger partial charge in [-0.05, 0) is 62.1 Å². The molecule has 0 bridgehead atoms. The largest absolute Gasteiger partial charge is 0.473 e. The van der Waals surface area contributed by atoms with Crippen LogP contribution in [0.3, 0.4) is 0 Å². The van der Waals surface area contributed by atoms with Gasteiger partial charge in [0.1, 0.15) is 5.75 Å². The fourth-order valence-electron chi connectivity index (χ4n) is 3.40. The Morgan fingerprint density at radius 1 is 0.929 bits per heavy atom. The van der Waals surface area contributed by atoms with Crippen LogP contribution in [0, 0.1) is 27.7 Å². The van der Waals surface area contributed by atoms with E-state index in [0.717, 1.165) is 24.4 Å². The first-order chi connectivity index (χ1) is 13.0. The molecule has 2 amide bonds. The molecule has 2 aromatic carbocycles. The molecule has 0 spiro atoms. The number of hydrogen-bond donors (Lipinski definition) is 1. The fraction of sp³-hybridized carbons (Fsp3) is 0.409. The van der Waals surface area contributed by atoms with Gasteiger partial charge >= 0.3 is 6.03 Å². The van der Waals surface area contributed by atoms with Gasteiger partial charge in [-0.15, -0.1) is 12.4 Å². The van der Waals surface area contributed by atoms with Crippen LogP contribution in [0.15, 0.2) is 36.4 Å². The minimum absolute atomic E-state index is 0. The van der Waals surface area contributed by atoms with E-state index in [9.17, 15) is 4.79 Å². The Hall–Kier alpha value is -2.40. The second-order valence-electron chi connectivity index (χ2n) is 7.16. The highest BCUT2D eigenvalue weighted by atomic mass is 35.5. The average Bonchev–Trinajstić information content (AvgIpc) is 2.67. The van der Waals surface area contributed by atoms with Crippen LogP contribution in [0.25, 0.3) is 0 Å². The number of aryl methyl sites for hydroxylation is 2. The maximum atomic E-state index is 12.4. The van der Waals surface area contributed by atoms with Crippen LogP contribution in [0.5, 0.6) is 5.75 Å². The van der Waals surface area contributed by atoms with Crippen LogP contribution < -0.4 is 15.0 Å². The van der Waals surface area contributed by atoms with Crippen LogP contribution in [-0.2, 0) is 0 Å². The predicted molar refractivity (Wildman–Crippen MR) is 117 cm³/mol. The van der Waals surface area contributed by atoms with Crippen molar-refractivity contribution in [1.29, 1.82) is 0 Å². The Morgan fingerprint density at radius 3 is 2.21 bits per heavy atom. The number of benzene rings is 2. The molecule has 0 saturated carbocycles. The molecule has 28 heavy (non-hydrogen) atoms. The summed E-state index contributed by atoms with van der Waals surface area (Å²) in [5.41, 5.74) is 6.18. The van der Waals surface area contributed by atoms with Crippen LogP contribution in [0.2, 0.25) is 0 Å². The average molecular weight is 404 g/mol. The number of carbonyl (C=O) groups excluding carboxylic acids is 1. The quantitative estimate of drug-likeness (QED) is 0.778. The zero-order chi connectivity index (χ0) is 19.4. The number of ether oxygens (including phenoxy) is 1. The van der Waals surface area contributed by atoms with Gasteiger partial charge in [0.05, 0.1) is 0 Å². The Balaban J connectivity index is 0.00000280. The Bertz CT molecular complexity index is 817. The van der Waals surface area contributed by atoms with Crippen LogP contribution >= 0.6 is 12.4 Å². The third kappa shape index (κ3) is 4.90. The van der Waals surface area contributed by atoms with E-state index in [2.05, 4.69) is 55.3 Å². The first kappa shape index (κ1) is 21.9. The number of anilines is 1. The van der Waals surface area contributed by atoms with Crippen molar-refractivity contribution < 1.29 is 9.53 Å². The van der Waals surface area contributed by atoms with Crippen molar-refractivity contribution in [3.63, 3.8) is 0 Å². The monoisotopic (exact) mass is 403 g/mol. The molecule has 1 aliphatic rings. The van der Waals surface area contributed by atoms with Crippen molar-refractivity contribution in [2.45, 2.75) is 27.7 Å². The highest BCUT2D eigenvalue weighted by molar-refractivity contribution is 5.85. The summed E-state index contributed by atoms with van der Waals surface area (Å²) in [4.78, 5) is 16.6.